The number of carbonyl (C=O) groups is 7. The fourth-order valence-electron chi connectivity index (χ4n) is 5.64. The summed E-state index contributed by atoms with van der Waals surface area (Å²) in [5, 5.41) is 33.4. The number of β-lactam (4-membered cyclic amide) rings is 1. The number of carbonyl (C=O) groups excluding carboxylic acids is 6. The number of nitrogens with one attached hydrogen (secondary N) is 2. The molecule has 3 aliphatic heterocycles. The fourth-order valence-corrected chi connectivity index (χ4v) is 7.32. The van der Waals surface area contributed by atoms with Crippen LogP contribution in [0.3, 0.4) is 0 Å². The number of hydrogen-bond donors (Lipinski definition) is 5. The van der Waals surface area contributed by atoms with E-state index in [1.54, 1.807) is 37.3 Å². The third-order valence-corrected chi connectivity index (χ3v) is 9.78. The Kier molecular flexibility index (Phi) is 9.02. The molecule has 5 N–H and O–H groups in total. The number of aliphatic carboxylic acids is 1. The molecular formula is C30H31N5O11S. The summed E-state index contributed by atoms with van der Waals surface area (Å²) < 4.78 is 3.99. The Morgan fingerprint density at radius 1 is 1.02 bits per heavy atom. The first-order valence-electron chi connectivity index (χ1n) is 14.5. The van der Waals surface area contributed by atoms with Gasteiger partial charge in [0, 0.05) is 19.6 Å². The molecule has 0 aromatic heterocycles. The molecule has 3 fully saturated rings. The van der Waals surface area contributed by atoms with E-state index in [0.717, 1.165) is 28.8 Å². The van der Waals surface area contributed by atoms with Crippen molar-refractivity contribution in [2.75, 3.05) is 26.2 Å². The first-order valence-corrected chi connectivity index (χ1v) is 15.3. The summed E-state index contributed by atoms with van der Waals surface area (Å²) >= 11 is 1.00. The first-order chi connectivity index (χ1) is 22.3. The monoisotopic (exact) mass is 669 g/mol. The maximum absolute atomic E-state index is 13.6. The molecule has 2 aromatic carbocycles. The number of piperazine rings is 1. The normalized spacial score (nSPS) is 24.3. The molecule has 0 aliphatic carbocycles. The minimum Gasteiger partial charge on any atom is -0.504 e. The molecule has 1 unspecified atom stereocenters. The molecule has 3 saturated heterocycles. The summed E-state index contributed by atoms with van der Waals surface area (Å²) in [6.07, 6.45) is 0. The highest BCUT2D eigenvalue weighted by Gasteiger charge is 2.66. The molecule has 17 heteroatoms. The fraction of sp³-hybridized carbons (Fsp3) is 0.367. The van der Waals surface area contributed by atoms with Crippen LogP contribution in [-0.4, -0.2) is 120 Å². The van der Waals surface area contributed by atoms with E-state index in [4.69, 9.17) is 4.74 Å². The molecule has 47 heavy (non-hydrogen) atoms. The molecule has 16 nitrogen and oxygen atoms in total. The number of thioether (sulfide) groups is 1. The van der Waals surface area contributed by atoms with Crippen LogP contribution in [0.4, 0.5) is 4.79 Å². The Labute approximate surface area is 271 Å². The van der Waals surface area contributed by atoms with Crippen molar-refractivity contribution in [2.45, 2.75) is 42.1 Å². The molecular weight excluding hydrogens is 638 g/mol. The van der Waals surface area contributed by atoms with Gasteiger partial charge in [-0.15, -0.1) is 11.8 Å². The summed E-state index contributed by atoms with van der Waals surface area (Å²) in [5.41, 5.74) is 0.211. The second-order valence-corrected chi connectivity index (χ2v) is 12.9. The number of esters is 1. The number of carboxylic acid groups (broad SMARTS) is 1. The van der Waals surface area contributed by atoms with Crippen LogP contribution in [0.25, 0.3) is 0 Å². The summed E-state index contributed by atoms with van der Waals surface area (Å²) in [7, 11) is 0. The number of fused-ring (bicyclic) bond motifs is 1. The standard InChI is InChI=1S/C30H31N5O11S/c1-3-33-11-12-34(25(41)24(33)40)29(45)32-19(15-7-5-4-6-8-15)22(38)31-20-23(39)35-21(27(42)43)30(2,47-26(20)35)14-46-28(44)16-9-10-17(36)18(37)13-16/h4-10,13,19-21,26,36-37H,3,11-12,14H2,1-2H3,(H,31,38)(H,32,45)(H,42,43)/t19-,20-,21?,26+,30+/m1/s1. The van der Waals surface area contributed by atoms with Crippen LogP contribution in [0.2, 0.25) is 0 Å². The lowest BCUT2D eigenvalue weighted by Gasteiger charge is -2.44. The molecule has 248 valence electrons. The predicted molar refractivity (Wildman–Crippen MR) is 162 cm³/mol. The minimum absolute atomic E-state index is 0.0875. The van der Waals surface area contributed by atoms with Crippen molar-refractivity contribution >= 4 is 53.4 Å². The lowest BCUT2D eigenvalue weighted by atomic mass is 9.94. The number of imide groups is 1. The minimum atomic E-state index is -1.44. The topological polar surface area (TPSA) is 223 Å². The van der Waals surface area contributed by atoms with E-state index in [2.05, 4.69) is 10.6 Å². The molecule has 3 aliphatic rings. The number of nitrogens with zero attached hydrogens (tertiary/aromatic N) is 3. The van der Waals surface area contributed by atoms with Crippen molar-refractivity contribution in [1.82, 2.24) is 25.3 Å². The SMILES string of the molecule is CCN1CCN(C(=O)N[C@@H](C(=O)N[C@@H]2C(=O)N3C(C(=O)O)[C@](C)(COC(=O)c4ccc(O)c(O)c4)S[C@@H]23)c2ccccc2)C(=O)C1=O. The van der Waals surface area contributed by atoms with E-state index in [-0.39, 0.29) is 25.2 Å². The molecule has 0 bridgehead atoms. The van der Waals surface area contributed by atoms with Gasteiger partial charge in [-0.25, -0.2) is 14.4 Å². The number of rotatable bonds is 9. The third kappa shape index (κ3) is 6.13. The van der Waals surface area contributed by atoms with Crippen LogP contribution in [0, 0.1) is 0 Å². The number of likely N-dealkylation sites (N-methyl/N-ethyl adjacent to an activating group) is 1. The van der Waals surface area contributed by atoms with E-state index >= 15 is 0 Å². The molecule has 3 heterocycles. The number of phenols is 2. The van der Waals surface area contributed by atoms with Gasteiger partial charge in [0.05, 0.1) is 10.3 Å². The van der Waals surface area contributed by atoms with Crippen LogP contribution in [0.5, 0.6) is 11.5 Å². The van der Waals surface area contributed by atoms with E-state index in [9.17, 15) is 48.9 Å². The lowest BCUT2D eigenvalue weighted by molar-refractivity contribution is -0.161. The van der Waals surface area contributed by atoms with Gasteiger partial charge in [0.15, 0.2) is 11.5 Å². The van der Waals surface area contributed by atoms with Crippen LogP contribution in [-0.2, 0) is 28.7 Å². The van der Waals surface area contributed by atoms with E-state index in [1.165, 1.54) is 17.9 Å². The van der Waals surface area contributed by atoms with Crippen LogP contribution < -0.4 is 10.6 Å². The molecule has 5 rings (SSSR count). The van der Waals surface area contributed by atoms with Gasteiger partial charge in [-0.2, -0.15) is 0 Å². The van der Waals surface area contributed by atoms with E-state index in [0.29, 0.717) is 10.5 Å². The molecule has 5 atom stereocenters. The van der Waals surface area contributed by atoms with Crippen molar-refractivity contribution in [2.24, 2.45) is 0 Å². The summed E-state index contributed by atoms with van der Waals surface area (Å²) in [6, 6.07) is 6.26. The van der Waals surface area contributed by atoms with Gasteiger partial charge in [0.2, 0.25) is 11.8 Å². The van der Waals surface area contributed by atoms with Gasteiger partial charge in [0.1, 0.15) is 30.1 Å². The van der Waals surface area contributed by atoms with Gasteiger partial charge in [-0.1, -0.05) is 30.3 Å². The van der Waals surface area contributed by atoms with Crippen molar-refractivity contribution in [3.8, 4) is 11.5 Å². The van der Waals surface area contributed by atoms with E-state index in [1.807, 2.05) is 0 Å². The number of aromatic hydroxyl groups is 2. The van der Waals surface area contributed by atoms with Crippen LogP contribution in [0.1, 0.15) is 35.8 Å². The van der Waals surface area contributed by atoms with Crippen molar-refractivity contribution in [1.29, 1.82) is 0 Å². The number of amides is 6. The number of urea groups is 1. The number of benzene rings is 2. The Bertz CT molecular complexity index is 1660. The van der Waals surface area contributed by atoms with Crippen molar-refractivity contribution < 1.29 is 53.6 Å². The Balaban J connectivity index is 1.30. The van der Waals surface area contributed by atoms with Crippen molar-refractivity contribution in [3.63, 3.8) is 0 Å². The summed E-state index contributed by atoms with van der Waals surface area (Å²) in [5.74, 6) is -6.71. The van der Waals surface area contributed by atoms with Gasteiger partial charge in [-0.3, -0.25) is 24.1 Å². The second kappa shape index (κ2) is 12.8. The highest BCUT2D eigenvalue weighted by molar-refractivity contribution is 8.01. The maximum atomic E-state index is 13.6. The molecule has 0 radical (unpaired) electrons. The first kappa shape index (κ1) is 33.1. The molecule has 6 amide bonds. The average Bonchev–Trinajstić information content (AvgIpc) is 3.33. The quantitative estimate of drug-likeness (QED) is 0.103. The van der Waals surface area contributed by atoms with Crippen LogP contribution in [0.15, 0.2) is 48.5 Å². The second-order valence-electron chi connectivity index (χ2n) is 11.2. The predicted octanol–water partition coefficient (Wildman–Crippen LogP) is 0.00800. The average molecular weight is 670 g/mol. The molecule has 0 saturated carbocycles. The molecule has 2 aromatic rings. The number of carboxylic acids is 1. The van der Waals surface area contributed by atoms with Gasteiger partial charge < -0.3 is 40.5 Å². The zero-order chi connectivity index (χ0) is 34.2. The summed E-state index contributed by atoms with van der Waals surface area (Å²) in [4.78, 5) is 93.0. The van der Waals surface area contributed by atoms with Gasteiger partial charge >= 0.3 is 29.8 Å². The Morgan fingerprint density at radius 3 is 2.36 bits per heavy atom. The third-order valence-electron chi connectivity index (χ3n) is 8.16. The zero-order valence-electron chi connectivity index (χ0n) is 25.1. The van der Waals surface area contributed by atoms with Gasteiger partial charge in [-0.05, 0) is 37.6 Å². The van der Waals surface area contributed by atoms with E-state index < -0.39 is 88.0 Å². The number of ether oxygens (including phenoxy) is 1. The Morgan fingerprint density at radius 2 is 1.72 bits per heavy atom. The summed E-state index contributed by atoms with van der Waals surface area (Å²) in [6.45, 7) is 3.05. The van der Waals surface area contributed by atoms with Gasteiger partial charge in [0.25, 0.3) is 0 Å². The number of phenolic OH excluding ortho intramolecular Hbond substituents is 2. The van der Waals surface area contributed by atoms with Crippen LogP contribution >= 0.6 is 11.8 Å². The smallest absolute Gasteiger partial charge is 0.338 e. The van der Waals surface area contributed by atoms with Crippen molar-refractivity contribution in [3.05, 3.63) is 59.7 Å². The Hall–Kier alpha value is -5.32. The largest absolute Gasteiger partial charge is 0.504 e. The highest BCUT2D eigenvalue weighted by atomic mass is 32.2. The zero-order valence-corrected chi connectivity index (χ0v) is 25.9. The highest BCUT2D eigenvalue weighted by Crippen LogP contribution is 2.51. The number of hydrogen-bond acceptors (Lipinski definition) is 11. The maximum Gasteiger partial charge on any atom is 0.338 e. The molecule has 0 spiro atoms. The lowest BCUT2D eigenvalue weighted by Crippen LogP contribution is -2.71.